The van der Waals surface area contributed by atoms with Gasteiger partial charge in [0.2, 0.25) is 0 Å². The van der Waals surface area contributed by atoms with E-state index in [0.717, 1.165) is 30.8 Å². The van der Waals surface area contributed by atoms with Crippen molar-refractivity contribution in [2.45, 2.75) is 25.0 Å². The first-order valence-corrected chi connectivity index (χ1v) is 8.03. The molecule has 1 saturated heterocycles. The lowest BCUT2D eigenvalue weighted by atomic mass is 9.86. The number of halogens is 1. The summed E-state index contributed by atoms with van der Waals surface area (Å²) < 4.78 is 5.09. The highest BCUT2D eigenvalue weighted by Gasteiger charge is 2.35. The molecule has 5 nitrogen and oxygen atoms in total. The number of piperidine rings is 1. The predicted molar refractivity (Wildman–Crippen MR) is 89.5 cm³/mol. The van der Waals surface area contributed by atoms with Gasteiger partial charge in [0, 0.05) is 24.9 Å². The molecular weight excluding hydrogens is 314 g/mol. The smallest absolute Gasteiger partial charge is 0.156 e. The molecule has 6 heteroatoms. The minimum absolute atomic E-state index is 0.378. The Hall–Kier alpha value is -1.69. The van der Waals surface area contributed by atoms with Crippen LogP contribution in [0.5, 0.6) is 0 Å². The van der Waals surface area contributed by atoms with Crippen LogP contribution in [0, 0.1) is 0 Å². The van der Waals surface area contributed by atoms with Crippen LogP contribution in [0.2, 0.25) is 5.02 Å². The lowest BCUT2D eigenvalue weighted by Gasteiger charge is -2.40. The molecule has 1 aliphatic heterocycles. The maximum atomic E-state index is 11.1. The summed E-state index contributed by atoms with van der Waals surface area (Å²) >= 11 is 5.95. The van der Waals surface area contributed by atoms with Crippen molar-refractivity contribution >= 4 is 17.4 Å². The second kappa shape index (κ2) is 6.83. The fraction of sp³-hybridized carbons (Fsp3) is 0.412. The molecule has 1 atom stereocenters. The van der Waals surface area contributed by atoms with Gasteiger partial charge in [0.15, 0.2) is 5.82 Å². The third kappa shape index (κ3) is 3.63. The average Bonchev–Trinajstić information content (AvgIpc) is 2.56. The Kier molecular flexibility index (Phi) is 4.80. The Morgan fingerprint density at radius 1 is 1.30 bits per heavy atom. The lowest BCUT2D eigenvalue weighted by Crippen LogP contribution is -2.46. The standard InChI is InChI=1S/C17H20ClN3O2/c1-23-11-15-19-9-7-16(20-15)21-10-2-8-17(22,12-21)13-3-5-14(18)6-4-13/h3-7,9,22H,2,8,10-12H2,1H3/t17-/m0/s1. The van der Waals surface area contributed by atoms with Gasteiger partial charge in [0.1, 0.15) is 18.0 Å². The summed E-state index contributed by atoms with van der Waals surface area (Å²) in [7, 11) is 1.62. The first-order valence-electron chi connectivity index (χ1n) is 7.65. The molecule has 2 aromatic rings. The van der Waals surface area contributed by atoms with Crippen LogP contribution in [-0.4, -0.2) is 35.3 Å². The van der Waals surface area contributed by atoms with Gasteiger partial charge in [0.05, 0.1) is 6.54 Å². The summed E-state index contributed by atoms with van der Waals surface area (Å²) in [5, 5.41) is 11.8. The first kappa shape index (κ1) is 16.2. The average molecular weight is 334 g/mol. The van der Waals surface area contributed by atoms with Crippen LogP contribution in [0.15, 0.2) is 36.5 Å². The van der Waals surface area contributed by atoms with Crippen LogP contribution in [-0.2, 0) is 16.9 Å². The molecule has 1 fully saturated rings. The third-order valence-electron chi connectivity index (χ3n) is 4.14. The SMILES string of the molecule is COCc1nccc(N2CCC[C@@](O)(c3ccc(Cl)cc3)C2)n1. The van der Waals surface area contributed by atoms with E-state index in [-0.39, 0.29) is 0 Å². The van der Waals surface area contributed by atoms with Gasteiger partial charge in [-0.3, -0.25) is 0 Å². The van der Waals surface area contributed by atoms with Gasteiger partial charge in [-0.25, -0.2) is 9.97 Å². The Balaban J connectivity index is 1.82. The summed E-state index contributed by atoms with van der Waals surface area (Å²) in [6.07, 6.45) is 3.34. The van der Waals surface area contributed by atoms with Crippen LogP contribution in [0.4, 0.5) is 5.82 Å². The van der Waals surface area contributed by atoms with E-state index < -0.39 is 5.60 Å². The van der Waals surface area contributed by atoms with Crippen LogP contribution in [0.1, 0.15) is 24.2 Å². The van der Waals surface area contributed by atoms with Crippen molar-refractivity contribution in [3.63, 3.8) is 0 Å². The van der Waals surface area contributed by atoms with Crippen molar-refractivity contribution in [1.29, 1.82) is 0 Å². The minimum atomic E-state index is -0.894. The van der Waals surface area contributed by atoms with Crippen molar-refractivity contribution in [3.8, 4) is 0 Å². The zero-order chi connectivity index (χ0) is 16.3. The Bertz CT molecular complexity index is 665. The Morgan fingerprint density at radius 2 is 2.09 bits per heavy atom. The number of anilines is 1. The topological polar surface area (TPSA) is 58.5 Å². The number of methoxy groups -OCH3 is 1. The van der Waals surface area contributed by atoms with Crippen molar-refractivity contribution in [1.82, 2.24) is 9.97 Å². The van der Waals surface area contributed by atoms with Gasteiger partial charge >= 0.3 is 0 Å². The number of aromatic nitrogens is 2. The normalized spacial score (nSPS) is 21.4. The molecule has 0 bridgehead atoms. The number of hydrogen-bond donors (Lipinski definition) is 1. The fourth-order valence-corrected chi connectivity index (χ4v) is 3.12. The molecule has 0 unspecified atom stereocenters. The van der Waals surface area contributed by atoms with E-state index in [9.17, 15) is 5.11 Å². The molecule has 0 radical (unpaired) electrons. The highest BCUT2D eigenvalue weighted by Crippen LogP contribution is 2.33. The molecular formula is C17H20ClN3O2. The molecule has 1 N–H and O–H groups in total. The van der Waals surface area contributed by atoms with E-state index in [1.54, 1.807) is 13.3 Å². The van der Waals surface area contributed by atoms with Crippen LogP contribution in [0.25, 0.3) is 0 Å². The highest BCUT2D eigenvalue weighted by atomic mass is 35.5. The third-order valence-corrected chi connectivity index (χ3v) is 4.39. The number of nitrogens with zero attached hydrogens (tertiary/aromatic N) is 3. The minimum Gasteiger partial charge on any atom is -0.383 e. The van der Waals surface area contributed by atoms with E-state index in [2.05, 4.69) is 14.9 Å². The number of aliphatic hydroxyl groups is 1. The Labute approximate surface area is 140 Å². The van der Waals surface area contributed by atoms with Gasteiger partial charge < -0.3 is 14.7 Å². The summed E-state index contributed by atoms with van der Waals surface area (Å²) in [6, 6.07) is 9.28. The molecule has 0 spiro atoms. The highest BCUT2D eigenvalue weighted by molar-refractivity contribution is 6.30. The second-order valence-electron chi connectivity index (χ2n) is 5.83. The van der Waals surface area contributed by atoms with Crippen LogP contribution < -0.4 is 4.90 Å². The zero-order valence-electron chi connectivity index (χ0n) is 13.1. The summed E-state index contributed by atoms with van der Waals surface area (Å²) in [5.41, 5.74) is -0.00682. The number of β-amino-alcohol motifs (C(OH)–C–C–N with tert-alkyl or cyclic N) is 1. The zero-order valence-corrected chi connectivity index (χ0v) is 13.8. The largest absolute Gasteiger partial charge is 0.383 e. The molecule has 1 aromatic carbocycles. The lowest BCUT2D eigenvalue weighted by molar-refractivity contribution is 0.0217. The maximum absolute atomic E-state index is 11.1. The number of benzene rings is 1. The van der Waals surface area contributed by atoms with E-state index in [1.807, 2.05) is 30.3 Å². The van der Waals surface area contributed by atoms with Gasteiger partial charge in [-0.15, -0.1) is 0 Å². The Morgan fingerprint density at radius 3 is 2.83 bits per heavy atom. The molecule has 1 aliphatic rings. The van der Waals surface area contributed by atoms with Crippen LogP contribution in [0.3, 0.4) is 0 Å². The predicted octanol–water partition coefficient (Wildman–Crippen LogP) is 2.76. The molecule has 2 heterocycles. The molecule has 0 saturated carbocycles. The van der Waals surface area contributed by atoms with E-state index in [0.29, 0.717) is 24.0 Å². The molecule has 23 heavy (non-hydrogen) atoms. The van der Waals surface area contributed by atoms with Crippen molar-refractivity contribution in [3.05, 3.63) is 52.9 Å². The maximum Gasteiger partial charge on any atom is 0.156 e. The van der Waals surface area contributed by atoms with Crippen molar-refractivity contribution in [2.24, 2.45) is 0 Å². The number of hydrogen-bond acceptors (Lipinski definition) is 5. The van der Waals surface area contributed by atoms with Crippen molar-refractivity contribution in [2.75, 3.05) is 25.1 Å². The monoisotopic (exact) mass is 333 g/mol. The van der Waals surface area contributed by atoms with Gasteiger partial charge in [-0.05, 0) is 36.6 Å². The molecule has 0 amide bonds. The van der Waals surface area contributed by atoms with E-state index in [4.69, 9.17) is 16.3 Å². The summed E-state index contributed by atoms with van der Waals surface area (Å²) in [4.78, 5) is 10.8. The van der Waals surface area contributed by atoms with E-state index in [1.165, 1.54) is 0 Å². The fourth-order valence-electron chi connectivity index (χ4n) is 2.99. The first-order chi connectivity index (χ1) is 11.1. The van der Waals surface area contributed by atoms with Gasteiger partial charge in [-0.1, -0.05) is 23.7 Å². The second-order valence-corrected chi connectivity index (χ2v) is 6.26. The van der Waals surface area contributed by atoms with Gasteiger partial charge in [0.25, 0.3) is 0 Å². The molecule has 122 valence electrons. The van der Waals surface area contributed by atoms with Gasteiger partial charge in [-0.2, -0.15) is 0 Å². The van der Waals surface area contributed by atoms with E-state index >= 15 is 0 Å². The molecule has 0 aliphatic carbocycles. The number of ether oxygens (including phenoxy) is 1. The summed E-state index contributed by atoms with van der Waals surface area (Å²) in [5.74, 6) is 1.46. The number of rotatable bonds is 4. The summed E-state index contributed by atoms with van der Waals surface area (Å²) in [6.45, 7) is 1.74. The van der Waals surface area contributed by atoms with Crippen LogP contribution >= 0.6 is 11.6 Å². The molecule has 3 rings (SSSR count). The molecule has 1 aromatic heterocycles. The quantitative estimate of drug-likeness (QED) is 0.932. The van der Waals surface area contributed by atoms with Crippen molar-refractivity contribution < 1.29 is 9.84 Å².